The number of amides is 1. The number of rotatable bonds is 3. The standard InChI is InChI=1S/C10H10ClNO3/c1-7(13)15-6-10(14)12-9-4-2-8(11)3-5-9/h2-5H,6H2,1H3,(H,12,14). The third-order valence-electron chi connectivity index (χ3n) is 1.53. The number of anilines is 1. The van der Waals surface area contributed by atoms with E-state index in [0.717, 1.165) is 0 Å². The average Bonchev–Trinajstić information content (AvgIpc) is 2.19. The summed E-state index contributed by atoms with van der Waals surface area (Å²) in [6, 6.07) is 6.63. The van der Waals surface area contributed by atoms with Crippen LogP contribution in [0.25, 0.3) is 0 Å². The van der Waals surface area contributed by atoms with Crippen LogP contribution in [0, 0.1) is 0 Å². The normalized spacial score (nSPS) is 9.47. The highest BCUT2D eigenvalue weighted by Gasteiger charge is 2.03. The number of hydrogen-bond donors (Lipinski definition) is 1. The van der Waals surface area contributed by atoms with Crippen LogP contribution in [0.3, 0.4) is 0 Å². The van der Waals surface area contributed by atoms with Crippen LogP contribution in [0.2, 0.25) is 5.02 Å². The summed E-state index contributed by atoms with van der Waals surface area (Å²) in [5.41, 5.74) is 0.608. The van der Waals surface area contributed by atoms with Gasteiger partial charge in [0, 0.05) is 17.6 Å². The first-order valence-electron chi connectivity index (χ1n) is 4.26. The van der Waals surface area contributed by atoms with Crippen LogP contribution in [0.5, 0.6) is 0 Å². The molecule has 0 bridgehead atoms. The monoisotopic (exact) mass is 227 g/mol. The van der Waals surface area contributed by atoms with Gasteiger partial charge in [-0.05, 0) is 24.3 Å². The number of esters is 1. The Labute approximate surface area is 92.2 Å². The lowest BCUT2D eigenvalue weighted by Crippen LogP contribution is -2.19. The summed E-state index contributed by atoms with van der Waals surface area (Å²) in [5, 5.41) is 3.14. The fourth-order valence-corrected chi connectivity index (χ4v) is 1.02. The summed E-state index contributed by atoms with van der Waals surface area (Å²) >= 11 is 5.67. The van der Waals surface area contributed by atoms with Crippen molar-refractivity contribution >= 4 is 29.2 Å². The Bertz CT molecular complexity index is 361. The molecular weight excluding hydrogens is 218 g/mol. The van der Waals surface area contributed by atoms with Crippen molar-refractivity contribution in [1.82, 2.24) is 0 Å². The minimum absolute atomic E-state index is 0.280. The van der Waals surface area contributed by atoms with E-state index in [9.17, 15) is 9.59 Å². The summed E-state index contributed by atoms with van der Waals surface area (Å²) in [6.07, 6.45) is 0. The molecule has 0 saturated heterocycles. The van der Waals surface area contributed by atoms with Crippen LogP contribution in [-0.2, 0) is 14.3 Å². The molecule has 4 nitrogen and oxygen atoms in total. The zero-order valence-electron chi connectivity index (χ0n) is 8.12. The van der Waals surface area contributed by atoms with Crippen molar-refractivity contribution in [2.45, 2.75) is 6.92 Å². The molecule has 0 atom stereocenters. The Balaban J connectivity index is 2.44. The Morgan fingerprint density at radius 2 is 1.93 bits per heavy atom. The van der Waals surface area contributed by atoms with E-state index in [2.05, 4.69) is 10.1 Å². The maximum absolute atomic E-state index is 11.2. The van der Waals surface area contributed by atoms with Crippen molar-refractivity contribution in [2.24, 2.45) is 0 Å². The molecule has 0 aliphatic rings. The molecule has 5 heteroatoms. The number of carbonyl (C=O) groups is 2. The number of benzene rings is 1. The lowest BCUT2D eigenvalue weighted by atomic mass is 10.3. The van der Waals surface area contributed by atoms with Gasteiger partial charge in [-0.15, -0.1) is 0 Å². The van der Waals surface area contributed by atoms with E-state index in [1.165, 1.54) is 6.92 Å². The molecule has 15 heavy (non-hydrogen) atoms. The van der Waals surface area contributed by atoms with Gasteiger partial charge in [-0.2, -0.15) is 0 Å². The second-order valence-electron chi connectivity index (χ2n) is 2.84. The lowest BCUT2D eigenvalue weighted by Gasteiger charge is -2.04. The zero-order valence-corrected chi connectivity index (χ0v) is 8.88. The van der Waals surface area contributed by atoms with Crippen molar-refractivity contribution in [3.05, 3.63) is 29.3 Å². The minimum Gasteiger partial charge on any atom is -0.456 e. The first-order valence-corrected chi connectivity index (χ1v) is 4.64. The highest BCUT2D eigenvalue weighted by atomic mass is 35.5. The summed E-state index contributed by atoms with van der Waals surface area (Å²) in [5.74, 6) is -0.867. The minimum atomic E-state index is -0.485. The number of hydrogen-bond acceptors (Lipinski definition) is 3. The molecule has 0 radical (unpaired) electrons. The van der Waals surface area contributed by atoms with Gasteiger partial charge in [0.25, 0.3) is 5.91 Å². The quantitative estimate of drug-likeness (QED) is 0.802. The highest BCUT2D eigenvalue weighted by Crippen LogP contribution is 2.12. The molecule has 0 aliphatic heterocycles. The van der Waals surface area contributed by atoms with E-state index in [-0.39, 0.29) is 12.5 Å². The Morgan fingerprint density at radius 1 is 1.33 bits per heavy atom. The third kappa shape index (κ3) is 4.46. The maximum Gasteiger partial charge on any atom is 0.303 e. The van der Waals surface area contributed by atoms with Crippen LogP contribution >= 0.6 is 11.6 Å². The van der Waals surface area contributed by atoms with E-state index in [1.807, 2.05) is 0 Å². The summed E-state index contributed by atoms with van der Waals surface area (Å²) in [4.78, 5) is 21.6. The fraction of sp³-hybridized carbons (Fsp3) is 0.200. The van der Waals surface area contributed by atoms with E-state index >= 15 is 0 Å². The second kappa shape index (κ2) is 5.36. The molecule has 1 aromatic carbocycles. The van der Waals surface area contributed by atoms with Gasteiger partial charge in [0.15, 0.2) is 6.61 Å². The molecule has 1 amide bonds. The number of halogens is 1. The van der Waals surface area contributed by atoms with Gasteiger partial charge < -0.3 is 10.1 Å². The van der Waals surface area contributed by atoms with Gasteiger partial charge in [-0.3, -0.25) is 9.59 Å². The average molecular weight is 228 g/mol. The second-order valence-corrected chi connectivity index (χ2v) is 3.27. The van der Waals surface area contributed by atoms with Crippen molar-refractivity contribution in [1.29, 1.82) is 0 Å². The molecule has 0 aromatic heterocycles. The Hall–Kier alpha value is -1.55. The van der Waals surface area contributed by atoms with Gasteiger partial charge in [0.05, 0.1) is 0 Å². The summed E-state index contributed by atoms with van der Waals surface area (Å²) in [7, 11) is 0. The van der Waals surface area contributed by atoms with Gasteiger partial charge in [-0.1, -0.05) is 11.6 Å². The van der Waals surface area contributed by atoms with Crippen LogP contribution in [0.15, 0.2) is 24.3 Å². The molecule has 1 rings (SSSR count). The van der Waals surface area contributed by atoms with E-state index < -0.39 is 5.97 Å². The van der Waals surface area contributed by atoms with E-state index in [1.54, 1.807) is 24.3 Å². The molecule has 0 saturated carbocycles. The molecule has 0 unspecified atom stereocenters. The molecule has 0 fully saturated rings. The molecule has 1 aromatic rings. The topological polar surface area (TPSA) is 55.4 Å². The van der Waals surface area contributed by atoms with Gasteiger partial charge in [-0.25, -0.2) is 0 Å². The molecule has 0 heterocycles. The number of nitrogens with one attached hydrogen (secondary N) is 1. The summed E-state index contributed by atoms with van der Waals surface area (Å²) in [6.45, 7) is 0.966. The Kier molecular flexibility index (Phi) is 4.12. The van der Waals surface area contributed by atoms with Crippen molar-refractivity contribution in [2.75, 3.05) is 11.9 Å². The molecule has 80 valence electrons. The van der Waals surface area contributed by atoms with Gasteiger partial charge in [0.1, 0.15) is 0 Å². The third-order valence-corrected chi connectivity index (χ3v) is 1.79. The van der Waals surface area contributed by atoms with Crippen LogP contribution in [0.4, 0.5) is 5.69 Å². The van der Waals surface area contributed by atoms with Crippen molar-refractivity contribution < 1.29 is 14.3 Å². The molecule has 0 spiro atoms. The predicted octanol–water partition coefficient (Wildman–Crippen LogP) is 1.84. The van der Waals surface area contributed by atoms with Crippen LogP contribution in [0.1, 0.15) is 6.92 Å². The van der Waals surface area contributed by atoms with Crippen LogP contribution in [-0.4, -0.2) is 18.5 Å². The molecule has 0 aliphatic carbocycles. The Morgan fingerprint density at radius 3 is 2.47 bits per heavy atom. The molecular formula is C10H10ClNO3. The largest absolute Gasteiger partial charge is 0.456 e. The predicted molar refractivity (Wildman–Crippen MR) is 56.7 cm³/mol. The van der Waals surface area contributed by atoms with E-state index in [4.69, 9.17) is 11.6 Å². The van der Waals surface area contributed by atoms with Gasteiger partial charge >= 0.3 is 5.97 Å². The number of carbonyl (C=O) groups excluding carboxylic acids is 2. The van der Waals surface area contributed by atoms with Gasteiger partial charge in [0.2, 0.25) is 0 Å². The smallest absolute Gasteiger partial charge is 0.303 e. The number of ether oxygens (including phenoxy) is 1. The van der Waals surface area contributed by atoms with Crippen molar-refractivity contribution in [3.63, 3.8) is 0 Å². The van der Waals surface area contributed by atoms with Crippen LogP contribution < -0.4 is 5.32 Å². The summed E-state index contributed by atoms with van der Waals surface area (Å²) < 4.78 is 4.52. The SMILES string of the molecule is CC(=O)OCC(=O)Nc1ccc(Cl)cc1. The van der Waals surface area contributed by atoms with Crippen molar-refractivity contribution in [3.8, 4) is 0 Å². The fourth-order valence-electron chi connectivity index (χ4n) is 0.897. The van der Waals surface area contributed by atoms with E-state index in [0.29, 0.717) is 10.7 Å². The maximum atomic E-state index is 11.2. The first kappa shape index (κ1) is 11.5. The zero-order chi connectivity index (χ0) is 11.3. The molecule has 1 N–H and O–H groups in total. The first-order chi connectivity index (χ1) is 7.08. The highest BCUT2D eigenvalue weighted by molar-refractivity contribution is 6.30. The lowest BCUT2D eigenvalue weighted by molar-refractivity contribution is -0.144.